The molecule has 0 fully saturated rings. The lowest BCUT2D eigenvalue weighted by atomic mass is 10.3. The Morgan fingerprint density at radius 1 is 1.37 bits per heavy atom. The molecule has 0 aliphatic rings. The number of para-hydroxylation sites is 1. The molecule has 0 radical (unpaired) electrons. The second-order valence-corrected chi connectivity index (χ2v) is 7.56. The van der Waals surface area contributed by atoms with Crippen LogP contribution in [0.2, 0.25) is 0 Å². The summed E-state index contributed by atoms with van der Waals surface area (Å²) in [5.41, 5.74) is 0. The predicted molar refractivity (Wildman–Crippen MR) is 97.5 cm³/mol. The van der Waals surface area contributed by atoms with Crippen molar-refractivity contribution in [2.45, 2.75) is 9.86 Å². The molecule has 1 atom stereocenters. The minimum Gasteiger partial charge on any atom is -0.478 e. The molecule has 1 heterocycles. The third kappa shape index (κ3) is 5.23. The van der Waals surface area contributed by atoms with Crippen molar-refractivity contribution >= 4 is 69.2 Å². The first-order valence-electron chi connectivity index (χ1n) is 5.41. The van der Waals surface area contributed by atoms with Gasteiger partial charge >= 0.3 is 0 Å². The Kier molecular flexibility index (Phi) is 6.42. The second-order valence-electron chi connectivity index (χ2n) is 3.59. The van der Waals surface area contributed by atoms with E-state index in [0.717, 1.165) is 26.6 Å². The van der Waals surface area contributed by atoms with E-state index in [4.69, 9.17) is 17.0 Å². The summed E-state index contributed by atoms with van der Waals surface area (Å²) >= 11 is 11.2. The van der Waals surface area contributed by atoms with E-state index in [-0.39, 0.29) is 4.11 Å². The third-order valence-corrected chi connectivity index (χ3v) is 5.52. The van der Waals surface area contributed by atoms with Gasteiger partial charge in [0.1, 0.15) is 11.6 Å². The maximum absolute atomic E-state index is 5.89. The van der Waals surface area contributed by atoms with Gasteiger partial charge in [0.2, 0.25) is 4.77 Å². The van der Waals surface area contributed by atoms with Crippen LogP contribution in [-0.4, -0.2) is 25.0 Å². The van der Waals surface area contributed by atoms with Crippen LogP contribution in [0.25, 0.3) is 0 Å². The van der Waals surface area contributed by atoms with E-state index in [1.165, 1.54) is 0 Å². The molecule has 0 aliphatic carbocycles. The average Bonchev–Trinajstić information content (AvgIpc) is 2.78. The number of hydrogen-bond acceptors (Lipinski definition) is 4. The smallest absolute Gasteiger partial charge is 0.213 e. The van der Waals surface area contributed by atoms with E-state index in [1.807, 2.05) is 24.3 Å². The van der Waals surface area contributed by atoms with Gasteiger partial charge in [-0.3, -0.25) is 10.2 Å². The Balaban J connectivity index is 1.77. The van der Waals surface area contributed by atoms with Gasteiger partial charge in [-0.05, 0) is 69.5 Å². The predicted octanol–water partition coefficient (Wildman–Crippen LogP) is 4.15. The monoisotopic (exact) mass is 519 g/mol. The van der Waals surface area contributed by atoms with Gasteiger partial charge in [-0.15, -0.1) is 11.8 Å². The Labute approximate surface area is 147 Å². The Bertz CT molecular complexity index is 587. The van der Waals surface area contributed by atoms with Crippen LogP contribution in [0.15, 0.2) is 24.3 Å². The lowest BCUT2D eigenvalue weighted by Crippen LogP contribution is -2.11. The molecule has 0 saturated heterocycles. The van der Waals surface area contributed by atoms with E-state index >= 15 is 0 Å². The third-order valence-electron chi connectivity index (χ3n) is 2.13. The summed E-state index contributed by atoms with van der Waals surface area (Å²) in [6, 6.07) is 8.02. The van der Waals surface area contributed by atoms with Crippen LogP contribution in [0.5, 0.6) is 5.75 Å². The Morgan fingerprint density at radius 3 is 2.84 bits per heavy atom. The van der Waals surface area contributed by atoms with Crippen molar-refractivity contribution in [1.29, 1.82) is 0 Å². The van der Waals surface area contributed by atoms with Crippen molar-refractivity contribution in [3.05, 3.63) is 38.4 Å². The lowest BCUT2D eigenvalue weighted by molar-refractivity contribution is 0.324. The molecule has 2 N–H and O–H groups in total. The Hall–Kier alpha value is 0.190. The van der Waals surface area contributed by atoms with Crippen molar-refractivity contribution in [2.75, 3.05) is 5.75 Å². The summed E-state index contributed by atoms with van der Waals surface area (Å²) in [4.78, 5) is 4.14. The molecule has 0 aliphatic heterocycles. The molecule has 102 valence electrons. The fourth-order valence-corrected chi connectivity index (χ4v) is 3.75. The van der Waals surface area contributed by atoms with Crippen LogP contribution >= 0.6 is 69.2 Å². The van der Waals surface area contributed by atoms with Gasteiger partial charge in [-0.25, -0.2) is 4.98 Å². The highest BCUT2D eigenvalue weighted by Crippen LogP contribution is 2.24. The van der Waals surface area contributed by atoms with Gasteiger partial charge in [-0.2, -0.15) is 0 Å². The SMILES string of the molecule is S=c1nc(CSCC(I)Oc2ccccc2I)[nH][nH]1. The zero-order valence-corrected chi connectivity index (χ0v) is 15.7. The molecule has 2 rings (SSSR count). The normalized spacial score (nSPS) is 12.3. The highest BCUT2D eigenvalue weighted by Gasteiger charge is 2.09. The lowest BCUT2D eigenvalue weighted by Gasteiger charge is -2.13. The summed E-state index contributed by atoms with van der Waals surface area (Å²) < 4.78 is 7.64. The number of aromatic nitrogens is 3. The van der Waals surface area contributed by atoms with Crippen molar-refractivity contribution in [3.8, 4) is 5.75 Å². The zero-order valence-electron chi connectivity index (χ0n) is 9.73. The molecule has 4 nitrogen and oxygen atoms in total. The first-order chi connectivity index (χ1) is 9.15. The van der Waals surface area contributed by atoms with Crippen LogP contribution in [0.3, 0.4) is 0 Å². The molecule has 0 spiro atoms. The van der Waals surface area contributed by atoms with Crippen LogP contribution in [-0.2, 0) is 5.75 Å². The number of benzene rings is 1. The number of hydrogen-bond donors (Lipinski definition) is 2. The number of nitrogens with zero attached hydrogens (tertiary/aromatic N) is 1. The maximum Gasteiger partial charge on any atom is 0.213 e. The number of thioether (sulfide) groups is 1. The molecule has 0 bridgehead atoms. The van der Waals surface area contributed by atoms with E-state index in [0.29, 0.717) is 4.77 Å². The van der Waals surface area contributed by atoms with E-state index < -0.39 is 0 Å². The molecule has 0 saturated carbocycles. The van der Waals surface area contributed by atoms with E-state index in [1.54, 1.807) is 11.8 Å². The molecule has 2 aromatic rings. The van der Waals surface area contributed by atoms with Gasteiger partial charge in [0.25, 0.3) is 0 Å². The summed E-state index contributed by atoms with van der Waals surface area (Å²) in [5.74, 6) is 3.48. The number of aromatic amines is 2. The molecule has 8 heteroatoms. The molecule has 0 amide bonds. The maximum atomic E-state index is 5.89. The zero-order chi connectivity index (χ0) is 13.7. The highest BCUT2D eigenvalue weighted by molar-refractivity contribution is 14.1. The second kappa shape index (κ2) is 7.84. The highest BCUT2D eigenvalue weighted by atomic mass is 127. The Morgan fingerprint density at radius 2 is 2.16 bits per heavy atom. The minimum atomic E-state index is 0.125. The fourth-order valence-electron chi connectivity index (χ4n) is 1.33. The van der Waals surface area contributed by atoms with Crippen molar-refractivity contribution < 1.29 is 4.74 Å². The van der Waals surface area contributed by atoms with Crippen molar-refractivity contribution in [1.82, 2.24) is 15.2 Å². The fraction of sp³-hybridized carbons (Fsp3) is 0.273. The minimum absolute atomic E-state index is 0.125. The van der Waals surface area contributed by atoms with Crippen LogP contribution in [0.1, 0.15) is 5.82 Å². The number of rotatable bonds is 6. The average molecular weight is 519 g/mol. The summed E-state index contributed by atoms with van der Waals surface area (Å²) in [6.45, 7) is 0. The van der Waals surface area contributed by atoms with Crippen LogP contribution < -0.4 is 4.74 Å². The number of H-pyrrole nitrogens is 2. The first kappa shape index (κ1) is 15.6. The number of ether oxygens (including phenoxy) is 1. The van der Waals surface area contributed by atoms with Gasteiger partial charge in [-0.1, -0.05) is 12.1 Å². The topological polar surface area (TPSA) is 53.7 Å². The molecule has 19 heavy (non-hydrogen) atoms. The van der Waals surface area contributed by atoms with Crippen molar-refractivity contribution in [2.24, 2.45) is 0 Å². The molecular formula is C11H11I2N3OS2. The van der Waals surface area contributed by atoms with E-state index in [2.05, 4.69) is 60.4 Å². The molecular weight excluding hydrogens is 508 g/mol. The van der Waals surface area contributed by atoms with Crippen molar-refractivity contribution in [3.63, 3.8) is 0 Å². The van der Waals surface area contributed by atoms with Gasteiger partial charge in [0.15, 0.2) is 4.11 Å². The largest absolute Gasteiger partial charge is 0.478 e. The summed E-state index contributed by atoms with van der Waals surface area (Å²) in [5, 5.41) is 5.72. The van der Waals surface area contributed by atoms with Gasteiger partial charge < -0.3 is 4.74 Å². The number of halogens is 2. The number of nitrogens with one attached hydrogen (secondary N) is 2. The first-order valence-corrected chi connectivity index (χ1v) is 9.30. The molecule has 1 aromatic carbocycles. The van der Waals surface area contributed by atoms with Crippen LogP contribution in [0, 0.1) is 8.34 Å². The quantitative estimate of drug-likeness (QED) is 0.343. The van der Waals surface area contributed by atoms with Gasteiger partial charge in [0.05, 0.1) is 9.32 Å². The molecule has 1 unspecified atom stereocenters. The van der Waals surface area contributed by atoms with Crippen LogP contribution in [0.4, 0.5) is 0 Å². The van der Waals surface area contributed by atoms with Gasteiger partial charge in [0, 0.05) is 5.75 Å². The standard InChI is InChI=1S/C11H11I2N3OS2/c12-7-3-1-2-4-8(7)17-9(13)5-19-6-10-14-11(18)16-15-10/h1-4,9H,5-6H2,(H2,14,15,16,18). The molecule has 1 aromatic heterocycles. The summed E-state index contributed by atoms with van der Waals surface area (Å²) in [7, 11) is 0. The number of alkyl halides is 1. The van der Waals surface area contributed by atoms with E-state index in [9.17, 15) is 0 Å². The summed E-state index contributed by atoms with van der Waals surface area (Å²) in [6.07, 6.45) is 0.